The Labute approximate surface area is 110 Å². The number of benzene rings is 1. The second-order valence-electron chi connectivity index (χ2n) is 4.25. The van der Waals surface area contributed by atoms with Gasteiger partial charge in [0, 0.05) is 0 Å². The summed E-state index contributed by atoms with van der Waals surface area (Å²) >= 11 is 6.40. The van der Waals surface area contributed by atoms with Crippen LogP contribution in [0.3, 0.4) is 0 Å². The predicted octanol–water partition coefficient (Wildman–Crippen LogP) is 0.505. The topological polar surface area (TPSA) is 3.01 Å². The number of hydrogen-bond donors (Lipinski definition) is 0. The number of hydrogen-bond acceptors (Lipinski definition) is 0. The minimum absolute atomic E-state index is 0. The van der Waals surface area contributed by atoms with E-state index in [-0.39, 0.29) is 12.4 Å². The third kappa shape index (κ3) is 3.80. The average Bonchev–Trinajstić information content (AvgIpc) is 2.18. The maximum Gasteiger partial charge on any atom is 0.277 e. The largest absolute Gasteiger partial charge is 1.00 e. The highest BCUT2D eigenvalue weighted by Crippen LogP contribution is 2.09. The van der Waals surface area contributed by atoms with Crippen LogP contribution in [0.1, 0.15) is 33.3 Å². The van der Waals surface area contributed by atoms with Crippen molar-refractivity contribution in [3.05, 3.63) is 35.9 Å². The van der Waals surface area contributed by atoms with E-state index in [0.717, 1.165) is 10.7 Å². The van der Waals surface area contributed by atoms with Gasteiger partial charge in [-0.05, 0) is 51.4 Å². The fraction of sp³-hybridized carbons (Fsp3) is 0.462. The molecule has 0 aromatic heterocycles. The van der Waals surface area contributed by atoms with Gasteiger partial charge in [0.1, 0.15) is 12.1 Å². The third-order valence-electron chi connectivity index (χ3n) is 2.35. The lowest BCUT2D eigenvalue weighted by Crippen LogP contribution is -3.00. The van der Waals surface area contributed by atoms with Gasteiger partial charge in [-0.2, -0.15) is 0 Å². The SMILES string of the molecule is CC(C)[N+](=C(Cl)c1ccccc1)C(C)C.[Cl-]. The molecule has 0 radical (unpaired) electrons. The molecule has 0 saturated carbocycles. The first-order valence-electron chi connectivity index (χ1n) is 5.40. The van der Waals surface area contributed by atoms with Crippen LogP contribution >= 0.6 is 11.6 Å². The predicted molar refractivity (Wildman–Crippen MR) is 66.9 cm³/mol. The van der Waals surface area contributed by atoms with Crippen molar-refractivity contribution in [2.24, 2.45) is 0 Å². The van der Waals surface area contributed by atoms with Gasteiger partial charge in [-0.3, -0.25) is 0 Å². The minimum Gasteiger partial charge on any atom is -1.00 e. The number of nitrogens with zero attached hydrogens (tertiary/aromatic N) is 1. The van der Waals surface area contributed by atoms with Gasteiger partial charge in [0.15, 0.2) is 0 Å². The molecule has 0 spiro atoms. The van der Waals surface area contributed by atoms with Gasteiger partial charge < -0.3 is 12.4 Å². The van der Waals surface area contributed by atoms with Crippen molar-refractivity contribution in [3.63, 3.8) is 0 Å². The van der Waals surface area contributed by atoms with E-state index in [2.05, 4.69) is 32.3 Å². The van der Waals surface area contributed by atoms with Gasteiger partial charge >= 0.3 is 0 Å². The van der Waals surface area contributed by atoms with E-state index in [1.807, 2.05) is 30.3 Å². The molecule has 0 aliphatic heterocycles. The van der Waals surface area contributed by atoms with Crippen LogP contribution in [0.2, 0.25) is 0 Å². The minimum atomic E-state index is 0. The first-order chi connectivity index (χ1) is 7.04. The van der Waals surface area contributed by atoms with Crippen molar-refractivity contribution in [1.29, 1.82) is 0 Å². The van der Waals surface area contributed by atoms with E-state index in [9.17, 15) is 0 Å². The highest BCUT2D eigenvalue weighted by molar-refractivity contribution is 6.68. The Morgan fingerprint density at radius 3 is 1.81 bits per heavy atom. The Balaban J connectivity index is 0.00000225. The molecule has 0 saturated heterocycles. The Kier molecular flexibility index (Phi) is 6.70. The van der Waals surface area contributed by atoms with E-state index >= 15 is 0 Å². The molecule has 3 heteroatoms. The van der Waals surface area contributed by atoms with Crippen molar-refractivity contribution in [3.8, 4) is 0 Å². The summed E-state index contributed by atoms with van der Waals surface area (Å²) in [7, 11) is 0. The normalized spacial score (nSPS) is 10.2. The van der Waals surface area contributed by atoms with Crippen LogP contribution in [0.5, 0.6) is 0 Å². The van der Waals surface area contributed by atoms with Crippen LogP contribution in [-0.4, -0.2) is 21.8 Å². The van der Waals surface area contributed by atoms with Crippen molar-refractivity contribution in [2.45, 2.75) is 39.8 Å². The summed E-state index contributed by atoms with van der Waals surface area (Å²) in [6.07, 6.45) is 0. The summed E-state index contributed by atoms with van der Waals surface area (Å²) in [5.41, 5.74) is 1.08. The summed E-state index contributed by atoms with van der Waals surface area (Å²) in [5, 5.41) is 0.834. The van der Waals surface area contributed by atoms with E-state index in [4.69, 9.17) is 11.6 Å². The quantitative estimate of drug-likeness (QED) is 0.550. The molecule has 90 valence electrons. The van der Waals surface area contributed by atoms with Crippen LogP contribution in [0.4, 0.5) is 0 Å². The molecule has 1 rings (SSSR count). The van der Waals surface area contributed by atoms with E-state index in [1.165, 1.54) is 0 Å². The molecule has 0 aliphatic carbocycles. The lowest BCUT2D eigenvalue weighted by Gasteiger charge is -2.13. The zero-order valence-corrected chi connectivity index (χ0v) is 11.8. The fourth-order valence-corrected chi connectivity index (χ4v) is 2.29. The molecular weight excluding hydrogens is 241 g/mol. The van der Waals surface area contributed by atoms with Gasteiger partial charge in [0.2, 0.25) is 0 Å². The molecule has 0 atom stereocenters. The van der Waals surface area contributed by atoms with Crippen LogP contribution in [0.25, 0.3) is 0 Å². The zero-order valence-electron chi connectivity index (χ0n) is 10.2. The molecule has 0 heterocycles. The first-order valence-corrected chi connectivity index (χ1v) is 5.78. The van der Waals surface area contributed by atoms with Gasteiger partial charge in [-0.25, -0.2) is 4.58 Å². The maximum atomic E-state index is 6.40. The van der Waals surface area contributed by atoms with Crippen molar-refractivity contribution >= 4 is 16.8 Å². The molecule has 0 aliphatic rings. The summed E-state index contributed by atoms with van der Waals surface area (Å²) < 4.78 is 2.22. The van der Waals surface area contributed by atoms with Crippen molar-refractivity contribution < 1.29 is 17.0 Å². The highest BCUT2D eigenvalue weighted by Gasteiger charge is 2.20. The lowest BCUT2D eigenvalue weighted by atomic mass is 10.2. The van der Waals surface area contributed by atoms with Crippen molar-refractivity contribution in [2.75, 3.05) is 0 Å². The molecule has 1 aromatic carbocycles. The Hall–Kier alpha value is -0.530. The molecular formula is C13H19Cl2N. The lowest BCUT2D eigenvalue weighted by molar-refractivity contribution is -0.585. The highest BCUT2D eigenvalue weighted by atomic mass is 35.5. The third-order valence-corrected chi connectivity index (χ3v) is 2.76. The monoisotopic (exact) mass is 259 g/mol. The molecule has 0 bridgehead atoms. The summed E-state index contributed by atoms with van der Waals surface area (Å²) in [4.78, 5) is 0. The maximum absolute atomic E-state index is 6.40. The van der Waals surface area contributed by atoms with Gasteiger partial charge in [-0.15, -0.1) is 0 Å². The average molecular weight is 260 g/mol. The standard InChI is InChI=1S/C13H19ClN.ClH/c1-10(2)15(11(3)4)13(14)12-8-6-5-7-9-12;/h5-11H,1-4H3;1H/q+1;/p-1. The second kappa shape index (κ2) is 6.93. The van der Waals surface area contributed by atoms with E-state index in [1.54, 1.807) is 0 Å². The summed E-state index contributed by atoms with van der Waals surface area (Å²) in [6.45, 7) is 8.63. The van der Waals surface area contributed by atoms with Crippen molar-refractivity contribution in [1.82, 2.24) is 0 Å². The molecule has 16 heavy (non-hydrogen) atoms. The van der Waals surface area contributed by atoms with Gasteiger partial charge in [0.25, 0.3) is 5.17 Å². The number of halogens is 2. The summed E-state index contributed by atoms with van der Waals surface area (Å²) in [5.74, 6) is 0. The van der Waals surface area contributed by atoms with Crippen LogP contribution in [0, 0.1) is 0 Å². The fourth-order valence-electron chi connectivity index (χ4n) is 1.77. The first kappa shape index (κ1) is 15.5. The Bertz CT molecular complexity index is 332. The van der Waals surface area contributed by atoms with Gasteiger partial charge in [0.05, 0.1) is 5.56 Å². The molecule has 1 nitrogen and oxygen atoms in total. The molecule has 0 fully saturated rings. The molecule has 1 aromatic rings. The van der Waals surface area contributed by atoms with Crippen LogP contribution in [-0.2, 0) is 0 Å². The Morgan fingerprint density at radius 1 is 1.00 bits per heavy atom. The van der Waals surface area contributed by atoms with E-state index in [0.29, 0.717) is 12.1 Å². The van der Waals surface area contributed by atoms with Crippen LogP contribution < -0.4 is 12.4 Å². The number of rotatable bonds is 3. The molecule has 0 unspecified atom stereocenters. The smallest absolute Gasteiger partial charge is 0.277 e. The van der Waals surface area contributed by atoms with E-state index < -0.39 is 0 Å². The molecule has 0 amide bonds. The van der Waals surface area contributed by atoms with Crippen LogP contribution in [0.15, 0.2) is 30.3 Å². The second-order valence-corrected chi connectivity index (χ2v) is 4.61. The molecule has 0 N–H and O–H groups in total. The Morgan fingerprint density at radius 2 is 1.44 bits per heavy atom. The summed E-state index contributed by atoms with van der Waals surface area (Å²) in [6, 6.07) is 10.9. The zero-order chi connectivity index (χ0) is 11.4. The van der Waals surface area contributed by atoms with Gasteiger partial charge in [-0.1, -0.05) is 18.2 Å².